The first-order chi connectivity index (χ1) is 9.15. The van der Waals surface area contributed by atoms with Gasteiger partial charge < -0.3 is 5.32 Å². The SMILES string of the molecule is Cc1cc(C2CC(C)Nc3ccccc32)ccc1F. The Hall–Kier alpha value is -1.83. The molecule has 2 aromatic rings. The van der Waals surface area contributed by atoms with Gasteiger partial charge in [-0.15, -0.1) is 0 Å². The molecule has 2 heteroatoms. The first kappa shape index (κ1) is 12.2. The molecular formula is C17H18FN. The predicted molar refractivity (Wildman–Crippen MR) is 77.1 cm³/mol. The minimum atomic E-state index is -0.126. The molecule has 1 aliphatic rings. The van der Waals surface area contributed by atoms with Gasteiger partial charge >= 0.3 is 0 Å². The molecule has 19 heavy (non-hydrogen) atoms. The van der Waals surface area contributed by atoms with E-state index in [9.17, 15) is 4.39 Å². The second-order valence-corrected chi connectivity index (χ2v) is 5.43. The van der Waals surface area contributed by atoms with E-state index in [0.29, 0.717) is 12.0 Å². The van der Waals surface area contributed by atoms with Gasteiger partial charge in [0.05, 0.1) is 0 Å². The fourth-order valence-electron chi connectivity index (χ4n) is 2.94. The summed E-state index contributed by atoms with van der Waals surface area (Å²) in [5.41, 5.74) is 4.45. The van der Waals surface area contributed by atoms with E-state index >= 15 is 0 Å². The Kier molecular flexibility index (Phi) is 3.02. The van der Waals surface area contributed by atoms with E-state index in [1.807, 2.05) is 19.1 Å². The van der Waals surface area contributed by atoms with Gasteiger partial charge in [0.25, 0.3) is 0 Å². The van der Waals surface area contributed by atoms with Gasteiger partial charge in [0.2, 0.25) is 0 Å². The van der Waals surface area contributed by atoms with E-state index in [2.05, 4.69) is 36.5 Å². The summed E-state index contributed by atoms with van der Waals surface area (Å²) < 4.78 is 13.4. The first-order valence-corrected chi connectivity index (χ1v) is 6.76. The number of hydrogen-bond donors (Lipinski definition) is 1. The Morgan fingerprint density at radius 1 is 1.16 bits per heavy atom. The molecule has 3 rings (SSSR count). The highest BCUT2D eigenvalue weighted by Gasteiger charge is 2.25. The molecule has 0 aliphatic carbocycles. The van der Waals surface area contributed by atoms with E-state index in [4.69, 9.17) is 0 Å². The summed E-state index contributed by atoms with van der Waals surface area (Å²) in [4.78, 5) is 0. The lowest BCUT2D eigenvalue weighted by atomic mass is 9.82. The van der Waals surface area contributed by atoms with Crippen molar-refractivity contribution >= 4 is 5.69 Å². The molecule has 0 radical (unpaired) electrons. The van der Waals surface area contributed by atoms with E-state index < -0.39 is 0 Å². The third-order valence-corrected chi connectivity index (χ3v) is 3.91. The van der Waals surface area contributed by atoms with Crippen LogP contribution in [0.5, 0.6) is 0 Å². The Bertz CT molecular complexity index is 606. The number of halogens is 1. The molecule has 0 fully saturated rings. The summed E-state index contributed by atoms with van der Waals surface area (Å²) in [6.45, 7) is 4.02. The standard InChI is InChI=1S/C17H18FN/c1-11-9-13(7-8-16(11)18)15-10-12(2)19-17-6-4-3-5-14(15)17/h3-9,12,15,19H,10H2,1-2H3. The molecule has 98 valence electrons. The van der Waals surface area contributed by atoms with Crippen LogP contribution in [0.3, 0.4) is 0 Å². The molecule has 2 aromatic carbocycles. The molecule has 0 saturated carbocycles. The lowest BCUT2D eigenvalue weighted by Crippen LogP contribution is -2.25. The Labute approximate surface area is 113 Å². The van der Waals surface area contributed by atoms with Gasteiger partial charge in [0, 0.05) is 17.6 Å². The maximum absolute atomic E-state index is 13.4. The van der Waals surface area contributed by atoms with Crippen molar-refractivity contribution in [1.82, 2.24) is 0 Å². The number of nitrogens with one attached hydrogen (secondary N) is 1. The summed E-state index contributed by atoms with van der Waals surface area (Å²) in [5.74, 6) is 0.228. The van der Waals surface area contributed by atoms with Gasteiger partial charge in [-0.3, -0.25) is 0 Å². The van der Waals surface area contributed by atoms with Crippen LogP contribution in [-0.4, -0.2) is 6.04 Å². The largest absolute Gasteiger partial charge is 0.382 e. The zero-order valence-corrected chi connectivity index (χ0v) is 11.3. The van der Waals surface area contributed by atoms with Crippen molar-refractivity contribution < 1.29 is 4.39 Å². The van der Waals surface area contributed by atoms with Crippen molar-refractivity contribution in [2.45, 2.75) is 32.2 Å². The monoisotopic (exact) mass is 255 g/mol. The number of fused-ring (bicyclic) bond motifs is 1. The maximum Gasteiger partial charge on any atom is 0.126 e. The van der Waals surface area contributed by atoms with Crippen molar-refractivity contribution in [2.24, 2.45) is 0 Å². The van der Waals surface area contributed by atoms with Crippen molar-refractivity contribution in [3.8, 4) is 0 Å². The highest BCUT2D eigenvalue weighted by Crippen LogP contribution is 2.38. The molecule has 2 unspecified atom stereocenters. The van der Waals surface area contributed by atoms with Crippen LogP contribution in [0.25, 0.3) is 0 Å². The first-order valence-electron chi connectivity index (χ1n) is 6.76. The minimum absolute atomic E-state index is 0.126. The van der Waals surface area contributed by atoms with E-state index in [0.717, 1.165) is 12.0 Å². The van der Waals surface area contributed by atoms with Crippen LogP contribution in [0.15, 0.2) is 42.5 Å². The quantitative estimate of drug-likeness (QED) is 0.792. The third-order valence-electron chi connectivity index (χ3n) is 3.91. The molecule has 2 atom stereocenters. The van der Waals surface area contributed by atoms with Crippen LogP contribution in [0.1, 0.15) is 36.0 Å². The average Bonchev–Trinajstić information content (AvgIpc) is 2.41. The molecular weight excluding hydrogens is 237 g/mol. The predicted octanol–water partition coefficient (Wildman–Crippen LogP) is 4.47. The summed E-state index contributed by atoms with van der Waals surface area (Å²) in [6, 6.07) is 14.3. The summed E-state index contributed by atoms with van der Waals surface area (Å²) in [7, 11) is 0. The summed E-state index contributed by atoms with van der Waals surface area (Å²) in [6.07, 6.45) is 1.04. The van der Waals surface area contributed by atoms with Gasteiger partial charge in [-0.2, -0.15) is 0 Å². The van der Waals surface area contributed by atoms with Crippen LogP contribution in [0.2, 0.25) is 0 Å². The van der Waals surface area contributed by atoms with Gasteiger partial charge in [-0.05, 0) is 49.1 Å². The van der Waals surface area contributed by atoms with Crippen molar-refractivity contribution in [3.05, 3.63) is 65.0 Å². The molecule has 0 bridgehead atoms. The molecule has 0 saturated heterocycles. The molecule has 1 aliphatic heterocycles. The smallest absolute Gasteiger partial charge is 0.126 e. The number of benzene rings is 2. The number of aryl methyl sites for hydroxylation is 1. The molecule has 1 N–H and O–H groups in total. The summed E-state index contributed by atoms with van der Waals surface area (Å²) in [5, 5.41) is 3.51. The van der Waals surface area contributed by atoms with Crippen LogP contribution in [-0.2, 0) is 0 Å². The van der Waals surface area contributed by atoms with Gasteiger partial charge in [0.1, 0.15) is 5.82 Å². The van der Waals surface area contributed by atoms with Crippen LogP contribution < -0.4 is 5.32 Å². The highest BCUT2D eigenvalue weighted by atomic mass is 19.1. The Balaban J connectivity index is 2.07. The van der Waals surface area contributed by atoms with Crippen LogP contribution >= 0.6 is 0 Å². The lowest BCUT2D eigenvalue weighted by molar-refractivity contribution is 0.602. The van der Waals surface area contributed by atoms with Crippen molar-refractivity contribution in [1.29, 1.82) is 0 Å². The molecule has 1 nitrogen and oxygen atoms in total. The van der Waals surface area contributed by atoms with Crippen molar-refractivity contribution in [3.63, 3.8) is 0 Å². The zero-order valence-electron chi connectivity index (χ0n) is 11.3. The van der Waals surface area contributed by atoms with Gasteiger partial charge in [-0.1, -0.05) is 30.3 Å². The molecule has 0 aromatic heterocycles. The number of hydrogen-bond acceptors (Lipinski definition) is 1. The maximum atomic E-state index is 13.4. The number of para-hydroxylation sites is 1. The second-order valence-electron chi connectivity index (χ2n) is 5.43. The normalized spacial score (nSPS) is 21.6. The third kappa shape index (κ3) is 2.23. The fourth-order valence-corrected chi connectivity index (χ4v) is 2.94. The number of rotatable bonds is 1. The summed E-state index contributed by atoms with van der Waals surface area (Å²) >= 11 is 0. The second kappa shape index (κ2) is 4.69. The highest BCUT2D eigenvalue weighted by molar-refractivity contribution is 5.58. The molecule has 0 spiro atoms. The Morgan fingerprint density at radius 3 is 2.74 bits per heavy atom. The minimum Gasteiger partial charge on any atom is -0.382 e. The van der Waals surface area contributed by atoms with E-state index in [-0.39, 0.29) is 5.82 Å². The fraction of sp³-hybridized carbons (Fsp3) is 0.294. The van der Waals surface area contributed by atoms with Gasteiger partial charge in [-0.25, -0.2) is 4.39 Å². The zero-order chi connectivity index (χ0) is 13.4. The topological polar surface area (TPSA) is 12.0 Å². The van der Waals surface area contributed by atoms with Gasteiger partial charge in [0.15, 0.2) is 0 Å². The lowest BCUT2D eigenvalue weighted by Gasteiger charge is -2.31. The van der Waals surface area contributed by atoms with Crippen LogP contribution in [0.4, 0.5) is 10.1 Å². The molecule has 0 amide bonds. The van der Waals surface area contributed by atoms with Crippen LogP contribution in [0, 0.1) is 12.7 Å². The Morgan fingerprint density at radius 2 is 1.95 bits per heavy atom. The molecule has 1 heterocycles. The number of anilines is 1. The van der Waals surface area contributed by atoms with E-state index in [1.165, 1.54) is 16.8 Å². The average molecular weight is 255 g/mol. The van der Waals surface area contributed by atoms with E-state index in [1.54, 1.807) is 6.07 Å². The van der Waals surface area contributed by atoms with Crippen molar-refractivity contribution in [2.75, 3.05) is 5.32 Å².